The van der Waals surface area contributed by atoms with E-state index >= 15 is 0 Å². The summed E-state index contributed by atoms with van der Waals surface area (Å²) in [6, 6.07) is 2.89. The van der Waals surface area contributed by atoms with Gasteiger partial charge in [0.1, 0.15) is 17.6 Å². The van der Waals surface area contributed by atoms with Crippen LogP contribution in [0.3, 0.4) is 0 Å². The predicted octanol–water partition coefficient (Wildman–Crippen LogP) is 3.01. The molecule has 3 aromatic rings. The summed E-state index contributed by atoms with van der Waals surface area (Å²) in [7, 11) is 0. The highest BCUT2D eigenvalue weighted by Gasteiger charge is 2.40. The number of nitrogens with zero attached hydrogens (tertiary/aromatic N) is 5. The Morgan fingerprint density at radius 3 is 3.00 bits per heavy atom. The zero-order valence-corrected chi connectivity index (χ0v) is 14.1. The van der Waals surface area contributed by atoms with Crippen molar-refractivity contribution in [3.05, 3.63) is 24.3 Å². The molecular weight excluding hydrogens is 361 g/mol. The SMILES string of the molecule is N#CCC(=O)N1CCCC(n2c(C(F)(F)F)nc3cnc4[nH]ccc4c32)C1. The van der Waals surface area contributed by atoms with Crippen LogP contribution in [0.5, 0.6) is 0 Å². The summed E-state index contributed by atoms with van der Waals surface area (Å²) in [6.45, 7) is 0.551. The van der Waals surface area contributed by atoms with Gasteiger partial charge in [0.15, 0.2) is 0 Å². The molecule has 1 amide bonds. The third kappa shape index (κ3) is 2.89. The molecule has 0 saturated carbocycles. The molecule has 0 aromatic carbocycles. The van der Waals surface area contributed by atoms with E-state index in [1.807, 2.05) is 0 Å². The van der Waals surface area contributed by atoms with Gasteiger partial charge in [-0.05, 0) is 18.9 Å². The molecule has 27 heavy (non-hydrogen) atoms. The maximum atomic E-state index is 13.7. The number of carbonyl (C=O) groups excluding carboxylic acids is 1. The number of aromatic amines is 1. The third-order valence-electron chi connectivity index (χ3n) is 4.83. The molecule has 0 spiro atoms. The fourth-order valence-corrected chi connectivity index (χ4v) is 3.72. The van der Waals surface area contributed by atoms with Crippen LogP contribution in [0, 0.1) is 11.3 Å². The Balaban J connectivity index is 1.87. The van der Waals surface area contributed by atoms with Crippen molar-refractivity contribution in [1.82, 2.24) is 24.4 Å². The number of rotatable bonds is 2. The largest absolute Gasteiger partial charge is 0.449 e. The quantitative estimate of drug-likeness (QED) is 0.744. The number of aromatic nitrogens is 4. The molecule has 4 rings (SSSR count). The van der Waals surface area contributed by atoms with Gasteiger partial charge in [-0.1, -0.05) is 0 Å². The number of fused-ring (bicyclic) bond motifs is 3. The number of carbonyl (C=O) groups is 1. The molecule has 1 unspecified atom stereocenters. The summed E-state index contributed by atoms with van der Waals surface area (Å²) < 4.78 is 42.3. The Morgan fingerprint density at radius 2 is 2.26 bits per heavy atom. The molecule has 0 radical (unpaired) electrons. The Labute approximate surface area is 151 Å². The standard InChI is InChI=1S/C17H15F3N6O/c18-17(19,20)16-24-12-8-23-15-11(4-6-22-15)14(12)26(16)10-2-1-7-25(9-10)13(27)3-5-21/h4,6,8,10H,1-3,7,9H2,(H,22,23). The van der Waals surface area contributed by atoms with Crippen molar-refractivity contribution in [3.63, 3.8) is 0 Å². The van der Waals surface area contributed by atoms with Gasteiger partial charge in [0, 0.05) is 24.7 Å². The van der Waals surface area contributed by atoms with Crippen molar-refractivity contribution in [2.45, 2.75) is 31.5 Å². The smallest absolute Gasteiger partial charge is 0.346 e. The molecule has 7 nitrogen and oxygen atoms in total. The van der Waals surface area contributed by atoms with Gasteiger partial charge in [-0.3, -0.25) is 4.79 Å². The molecule has 10 heteroatoms. The lowest BCUT2D eigenvalue weighted by Gasteiger charge is -2.34. The zero-order valence-electron chi connectivity index (χ0n) is 14.1. The molecule has 1 aliphatic rings. The normalized spacial score (nSPS) is 18.1. The average molecular weight is 376 g/mol. The van der Waals surface area contributed by atoms with Crippen LogP contribution in [0.15, 0.2) is 18.5 Å². The number of H-pyrrole nitrogens is 1. The third-order valence-corrected chi connectivity index (χ3v) is 4.83. The second-order valence-corrected chi connectivity index (χ2v) is 6.51. The second kappa shape index (κ2) is 6.26. The van der Waals surface area contributed by atoms with E-state index in [-0.39, 0.29) is 24.4 Å². The molecule has 1 atom stereocenters. The monoisotopic (exact) mass is 376 g/mol. The summed E-state index contributed by atoms with van der Waals surface area (Å²) in [6.07, 6.45) is -0.942. The van der Waals surface area contributed by atoms with E-state index in [0.29, 0.717) is 35.9 Å². The molecule has 1 aliphatic heterocycles. The summed E-state index contributed by atoms with van der Waals surface area (Å²) in [5, 5.41) is 9.28. The van der Waals surface area contributed by atoms with E-state index in [9.17, 15) is 18.0 Å². The van der Waals surface area contributed by atoms with Crippen molar-refractivity contribution in [2.24, 2.45) is 0 Å². The van der Waals surface area contributed by atoms with E-state index in [1.54, 1.807) is 18.3 Å². The number of pyridine rings is 1. The van der Waals surface area contributed by atoms with E-state index in [4.69, 9.17) is 5.26 Å². The number of nitriles is 1. The lowest BCUT2D eigenvalue weighted by atomic mass is 10.0. The van der Waals surface area contributed by atoms with E-state index < -0.39 is 18.0 Å². The number of imidazole rings is 1. The Bertz CT molecular complexity index is 1060. The van der Waals surface area contributed by atoms with Gasteiger partial charge in [-0.15, -0.1) is 0 Å². The number of halogens is 3. The van der Waals surface area contributed by atoms with Gasteiger partial charge in [0.2, 0.25) is 11.7 Å². The number of alkyl halides is 3. The van der Waals surface area contributed by atoms with Gasteiger partial charge >= 0.3 is 6.18 Å². The van der Waals surface area contributed by atoms with Gasteiger partial charge in [0.05, 0.1) is 23.8 Å². The van der Waals surface area contributed by atoms with Crippen molar-refractivity contribution in [1.29, 1.82) is 5.26 Å². The zero-order chi connectivity index (χ0) is 19.2. The first-order chi connectivity index (χ1) is 12.9. The van der Waals surface area contributed by atoms with Crippen molar-refractivity contribution < 1.29 is 18.0 Å². The fraction of sp³-hybridized carbons (Fsp3) is 0.412. The minimum absolute atomic E-state index is 0.114. The number of hydrogen-bond acceptors (Lipinski definition) is 4. The molecule has 3 aromatic heterocycles. The summed E-state index contributed by atoms with van der Waals surface area (Å²) in [5.41, 5.74) is 0.994. The maximum absolute atomic E-state index is 13.7. The minimum atomic E-state index is -4.64. The fourth-order valence-electron chi connectivity index (χ4n) is 3.72. The Kier molecular flexibility index (Phi) is 4.02. The molecule has 1 fully saturated rings. The van der Waals surface area contributed by atoms with Crippen molar-refractivity contribution in [2.75, 3.05) is 13.1 Å². The molecule has 140 valence electrons. The highest BCUT2D eigenvalue weighted by Crippen LogP contribution is 2.38. The molecule has 0 aliphatic carbocycles. The average Bonchev–Trinajstić information content (AvgIpc) is 3.25. The van der Waals surface area contributed by atoms with Crippen LogP contribution in [0.1, 0.15) is 31.1 Å². The van der Waals surface area contributed by atoms with Crippen LogP contribution in [0.2, 0.25) is 0 Å². The van der Waals surface area contributed by atoms with Crippen molar-refractivity contribution >= 4 is 28.0 Å². The first-order valence-corrected chi connectivity index (χ1v) is 8.46. The topological polar surface area (TPSA) is 90.6 Å². The first kappa shape index (κ1) is 17.3. The maximum Gasteiger partial charge on any atom is 0.449 e. The predicted molar refractivity (Wildman–Crippen MR) is 89.5 cm³/mol. The number of likely N-dealkylation sites (tertiary alicyclic amines) is 1. The van der Waals surface area contributed by atoms with Crippen LogP contribution in [-0.4, -0.2) is 43.4 Å². The molecule has 1 saturated heterocycles. The van der Waals surface area contributed by atoms with Crippen LogP contribution >= 0.6 is 0 Å². The van der Waals surface area contributed by atoms with Gasteiger partial charge in [0.25, 0.3) is 0 Å². The van der Waals surface area contributed by atoms with E-state index in [1.165, 1.54) is 15.7 Å². The molecular formula is C17H15F3N6O. The van der Waals surface area contributed by atoms with E-state index in [2.05, 4.69) is 15.0 Å². The molecule has 4 heterocycles. The summed E-state index contributed by atoms with van der Waals surface area (Å²) >= 11 is 0. The van der Waals surface area contributed by atoms with Crippen molar-refractivity contribution in [3.8, 4) is 6.07 Å². The van der Waals surface area contributed by atoms with Gasteiger partial charge < -0.3 is 14.5 Å². The summed E-state index contributed by atoms with van der Waals surface area (Å²) in [5.74, 6) is -1.36. The molecule has 0 bridgehead atoms. The van der Waals surface area contributed by atoms with Gasteiger partial charge in [-0.25, -0.2) is 9.97 Å². The lowest BCUT2D eigenvalue weighted by molar-refractivity contribution is -0.148. The minimum Gasteiger partial charge on any atom is -0.346 e. The van der Waals surface area contributed by atoms with Crippen LogP contribution in [0.4, 0.5) is 13.2 Å². The second-order valence-electron chi connectivity index (χ2n) is 6.51. The Hall–Kier alpha value is -3.09. The lowest BCUT2D eigenvalue weighted by Crippen LogP contribution is -2.41. The number of nitrogens with one attached hydrogen (secondary N) is 1. The van der Waals surface area contributed by atoms with E-state index in [0.717, 1.165) is 0 Å². The molecule has 1 N–H and O–H groups in total. The summed E-state index contributed by atoms with van der Waals surface area (Å²) in [4.78, 5) is 24.3. The highest BCUT2D eigenvalue weighted by molar-refractivity contribution is 6.01. The first-order valence-electron chi connectivity index (χ1n) is 8.46. The number of hydrogen-bond donors (Lipinski definition) is 1. The van der Waals surface area contributed by atoms with Crippen LogP contribution in [-0.2, 0) is 11.0 Å². The van der Waals surface area contributed by atoms with Gasteiger partial charge in [-0.2, -0.15) is 18.4 Å². The number of piperidine rings is 1. The van der Waals surface area contributed by atoms with Crippen LogP contribution in [0.25, 0.3) is 22.1 Å². The Morgan fingerprint density at radius 1 is 1.44 bits per heavy atom. The van der Waals surface area contributed by atoms with Crippen LogP contribution < -0.4 is 0 Å². The number of amides is 1. The highest BCUT2D eigenvalue weighted by atomic mass is 19.4.